The zero-order valence-electron chi connectivity index (χ0n) is 14.9. The van der Waals surface area contributed by atoms with E-state index in [4.69, 9.17) is 0 Å². The maximum Gasteiger partial charge on any atom is 0.228 e. The van der Waals surface area contributed by atoms with E-state index in [0.717, 1.165) is 44.0 Å². The van der Waals surface area contributed by atoms with Gasteiger partial charge in [-0.3, -0.25) is 9.88 Å². The summed E-state index contributed by atoms with van der Waals surface area (Å²) in [6, 6.07) is 9.15. The predicted octanol–water partition coefficient (Wildman–Crippen LogP) is 3.53. The first-order valence-corrected chi connectivity index (χ1v) is 9.09. The second-order valence-electron chi connectivity index (χ2n) is 6.71. The Kier molecular flexibility index (Phi) is 5.29. The molecule has 27 heavy (non-hydrogen) atoms. The van der Waals surface area contributed by atoms with Gasteiger partial charge in [0, 0.05) is 31.7 Å². The fourth-order valence-electron chi connectivity index (χ4n) is 3.45. The lowest BCUT2D eigenvalue weighted by Gasteiger charge is -2.32. The molecule has 3 aromatic heterocycles. The van der Waals surface area contributed by atoms with Gasteiger partial charge in [0.25, 0.3) is 0 Å². The molecule has 0 aliphatic carbocycles. The number of nitrogens with zero attached hydrogens (tertiary/aromatic N) is 5. The molecular weight excluding hydrogens is 343 g/mol. The van der Waals surface area contributed by atoms with Crippen LogP contribution in [0.3, 0.4) is 0 Å². The lowest BCUT2D eigenvalue weighted by molar-refractivity contribution is 0.198. The van der Waals surface area contributed by atoms with Crippen molar-refractivity contribution >= 4 is 11.8 Å². The monoisotopic (exact) mass is 364 g/mol. The predicted molar refractivity (Wildman–Crippen MR) is 101 cm³/mol. The van der Waals surface area contributed by atoms with Gasteiger partial charge >= 0.3 is 0 Å². The number of hydrogen-bond acceptors (Lipinski definition) is 6. The summed E-state index contributed by atoms with van der Waals surface area (Å²) in [5.41, 5.74) is 2.15. The van der Waals surface area contributed by atoms with Crippen LogP contribution in [-0.4, -0.2) is 37.9 Å². The summed E-state index contributed by atoms with van der Waals surface area (Å²) in [5, 5.41) is 3.15. The van der Waals surface area contributed by atoms with Crippen LogP contribution in [0.1, 0.15) is 30.0 Å². The van der Waals surface area contributed by atoms with Gasteiger partial charge < -0.3 is 5.32 Å². The third-order valence-corrected chi connectivity index (χ3v) is 4.74. The molecule has 0 amide bonds. The van der Waals surface area contributed by atoms with Crippen LogP contribution >= 0.6 is 0 Å². The van der Waals surface area contributed by atoms with Gasteiger partial charge in [0.1, 0.15) is 11.6 Å². The molecule has 0 radical (unpaired) electrons. The van der Waals surface area contributed by atoms with E-state index in [1.165, 1.54) is 17.8 Å². The van der Waals surface area contributed by atoms with Gasteiger partial charge in [0.05, 0.1) is 11.9 Å². The Morgan fingerprint density at radius 3 is 2.78 bits per heavy atom. The molecule has 138 valence electrons. The molecule has 0 saturated carbocycles. The van der Waals surface area contributed by atoms with E-state index in [1.807, 2.05) is 6.20 Å². The Labute approximate surface area is 157 Å². The SMILES string of the molecule is Fc1ccc(CN2CCCC(c3ccnc(Nc4ncccn4)c3)C2)nc1. The molecule has 1 saturated heterocycles. The van der Waals surface area contributed by atoms with E-state index in [2.05, 4.69) is 42.3 Å². The van der Waals surface area contributed by atoms with Crippen LogP contribution < -0.4 is 5.32 Å². The van der Waals surface area contributed by atoms with Gasteiger partial charge in [-0.25, -0.2) is 19.3 Å². The summed E-state index contributed by atoms with van der Waals surface area (Å²) < 4.78 is 13.0. The van der Waals surface area contributed by atoms with Crippen LogP contribution in [0, 0.1) is 5.82 Å². The Morgan fingerprint density at radius 1 is 1.07 bits per heavy atom. The Morgan fingerprint density at radius 2 is 1.96 bits per heavy atom. The van der Waals surface area contributed by atoms with Gasteiger partial charge in [-0.1, -0.05) is 0 Å². The summed E-state index contributed by atoms with van der Waals surface area (Å²) in [6.07, 6.45) is 8.76. The Balaban J connectivity index is 1.43. The van der Waals surface area contributed by atoms with Crippen LogP contribution in [0.25, 0.3) is 0 Å². The van der Waals surface area contributed by atoms with Crippen LogP contribution in [-0.2, 0) is 6.54 Å². The molecule has 0 aromatic carbocycles. The minimum Gasteiger partial charge on any atom is -0.309 e. The zero-order valence-corrected chi connectivity index (χ0v) is 14.9. The topological polar surface area (TPSA) is 66.8 Å². The smallest absolute Gasteiger partial charge is 0.228 e. The average Bonchev–Trinajstić information content (AvgIpc) is 2.71. The van der Waals surface area contributed by atoms with E-state index in [1.54, 1.807) is 24.5 Å². The summed E-state index contributed by atoms with van der Waals surface area (Å²) in [5.74, 6) is 1.42. The lowest BCUT2D eigenvalue weighted by Crippen LogP contribution is -2.34. The van der Waals surface area contributed by atoms with Crippen molar-refractivity contribution in [2.75, 3.05) is 18.4 Å². The summed E-state index contributed by atoms with van der Waals surface area (Å²) >= 11 is 0. The third-order valence-electron chi connectivity index (χ3n) is 4.74. The Hall–Kier alpha value is -2.93. The van der Waals surface area contributed by atoms with Crippen LogP contribution in [0.4, 0.5) is 16.2 Å². The minimum absolute atomic E-state index is 0.297. The number of hydrogen-bond donors (Lipinski definition) is 1. The molecule has 4 rings (SSSR count). The highest BCUT2D eigenvalue weighted by molar-refractivity contribution is 5.48. The molecule has 1 aliphatic rings. The summed E-state index contributed by atoms with van der Waals surface area (Å²) in [6.45, 7) is 2.72. The number of rotatable bonds is 5. The van der Waals surface area contributed by atoms with E-state index < -0.39 is 0 Å². The van der Waals surface area contributed by atoms with Crippen LogP contribution in [0.15, 0.2) is 55.1 Å². The second kappa shape index (κ2) is 8.18. The molecule has 0 spiro atoms. The number of halogens is 1. The molecule has 4 heterocycles. The lowest BCUT2D eigenvalue weighted by atomic mass is 9.91. The molecule has 1 atom stereocenters. The molecule has 1 fully saturated rings. The third kappa shape index (κ3) is 4.62. The number of likely N-dealkylation sites (tertiary alicyclic amines) is 1. The quantitative estimate of drug-likeness (QED) is 0.747. The molecule has 1 unspecified atom stereocenters. The van der Waals surface area contributed by atoms with Crippen molar-refractivity contribution in [1.82, 2.24) is 24.8 Å². The highest BCUT2D eigenvalue weighted by Gasteiger charge is 2.22. The molecule has 1 N–H and O–H groups in total. The molecular formula is C20H21FN6. The van der Waals surface area contributed by atoms with Gasteiger partial charge in [-0.05, 0) is 61.2 Å². The van der Waals surface area contributed by atoms with Crippen molar-refractivity contribution < 1.29 is 4.39 Å². The summed E-state index contributed by atoms with van der Waals surface area (Å²) in [7, 11) is 0. The molecule has 7 heteroatoms. The highest BCUT2D eigenvalue weighted by atomic mass is 19.1. The summed E-state index contributed by atoms with van der Waals surface area (Å²) in [4.78, 5) is 19.3. The van der Waals surface area contributed by atoms with Crippen molar-refractivity contribution in [2.45, 2.75) is 25.3 Å². The number of aromatic nitrogens is 4. The van der Waals surface area contributed by atoms with Crippen LogP contribution in [0.5, 0.6) is 0 Å². The van der Waals surface area contributed by atoms with Crippen molar-refractivity contribution in [3.63, 3.8) is 0 Å². The van der Waals surface area contributed by atoms with Gasteiger partial charge in [-0.2, -0.15) is 0 Å². The van der Waals surface area contributed by atoms with E-state index in [-0.39, 0.29) is 5.82 Å². The van der Waals surface area contributed by atoms with E-state index in [9.17, 15) is 4.39 Å². The van der Waals surface area contributed by atoms with Crippen molar-refractivity contribution in [2.24, 2.45) is 0 Å². The van der Waals surface area contributed by atoms with Crippen molar-refractivity contribution in [3.05, 3.63) is 72.2 Å². The highest BCUT2D eigenvalue weighted by Crippen LogP contribution is 2.28. The average molecular weight is 364 g/mol. The fraction of sp³-hybridized carbons (Fsp3) is 0.300. The second-order valence-corrected chi connectivity index (χ2v) is 6.71. The molecule has 3 aromatic rings. The van der Waals surface area contributed by atoms with Crippen LogP contribution in [0.2, 0.25) is 0 Å². The van der Waals surface area contributed by atoms with Gasteiger partial charge in [0.15, 0.2) is 0 Å². The van der Waals surface area contributed by atoms with Crippen molar-refractivity contribution in [3.8, 4) is 0 Å². The normalized spacial score (nSPS) is 17.6. The zero-order chi connectivity index (χ0) is 18.5. The number of pyridine rings is 2. The number of nitrogens with one attached hydrogen (secondary N) is 1. The molecule has 0 bridgehead atoms. The maximum absolute atomic E-state index is 13.0. The van der Waals surface area contributed by atoms with E-state index >= 15 is 0 Å². The maximum atomic E-state index is 13.0. The largest absolute Gasteiger partial charge is 0.309 e. The minimum atomic E-state index is -0.297. The van der Waals surface area contributed by atoms with Crippen molar-refractivity contribution in [1.29, 1.82) is 0 Å². The van der Waals surface area contributed by atoms with Gasteiger partial charge in [0.2, 0.25) is 5.95 Å². The Bertz CT molecular complexity index is 871. The molecule has 1 aliphatic heterocycles. The molecule has 6 nitrogen and oxygen atoms in total. The first-order chi connectivity index (χ1) is 13.3. The van der Waals surface area contributed by atoms with E-state index in [0.29, 0.717) is 11.9 Å². The first kappa shape index (κ1) is 17.5. The number of piperidine rings is 1. The first-order valence-electron chi connectivity index (χ1n) is 9.09. The fourth-order valence-corrected chi connectivity index (χ4v) is 3.45. The van der Waals surface area contributed by atoms with Gasteiger partial charge in [-0.15, -0.1) is 0 Å². The standard InChI is InChI=1S/C20H21FN6/c21-17-4-5-18(25-12-17)14-27-10-1-3-16(13-27)15-6-9-22-19(11-15)26-20-23-7-2-8-24-20/h2,4-9,11-12,16H,1,3,10,13-14H2,(H,22,23,24,26). The number of anilines is 2.